The summed E-state index contributed by atoms with van der Waals surface area (Å²) in [6.45, 7) is 1.91. The van der Waals surface area contributed by atoms with Crippen LogP contribution in [0.4, 0.5) is 11.5 Å². The second-order valence-electron chi connectivity index (χ2n) is 7.41. The zero-order valence-electron chi connectivity index (χ0n) is 18.1. The zero-order chi connectivity index (χ0) is 23.0. The molecule has 6 heteroatoms. The minimum absolute atomic E-state index is 0.148. The van der Waals surface area contributed by atoms with Gasteiger partial charge in [0.25, 0.3) is 5.91 Å². The van der Waals surface area contributed by atoms with Crippen LogP contribution >= 0.6 is 11.8 Å². The average Bonchev–Trinajstić information content (AvgIpc) is 2.85. The molecule has 0 radical (unpaired) electrons. The number of carbonyl (C=O) groups excluding carboxylic acids is 2. The van der Waals surface area contributed by atoms with E-state index < -0.39 is 5.25 Å². The first-order valence-corrected chi connectivity index (χ1v) is 11.4. The molecule has 1 atom stereocenters. The Morgan fingerprint density at radius 1 is 0.788 bits per heavy atom. The summed E-state index contributed by atoms with van der Waals surface area (Å²) < 4.78 is 0. The van der Waals surface area contributed by atoms with E-state index >= 15 is 0 Å². The molecule has 0 aliphatic heterocycles. The van der Waals surface area contributed by atoms with Gasteiger partial charge in [0.05, 0.1) is 0 Å². The Bertz CT molecular complexity index is 1230. The van der Waals surface area contributed by atoms with Gasteiger partial charge in [-0.25, -0.2) is 4.98 Å². The number of anilines is 2. The fraction of sp³-hybridized carbons (Fsp3) is 0.0741. The number of aromatic nitrogens is 1. The Labute approximate surface area is 197 Å². The Hall–Kier alpha value is -3.90. The molecular weight excluding hydrogens is 430 g/mol. The van der Waals surface area contributed by atoms with Crippen LogP contribution in [0.3, 0.4) is 0 Å². The van der Waals surface area contributed by atoms with Gasteiger partial charge in [-0.15, -0.1) is 11.8 Å². The molecule has 5 nitrogen and oxygen atoms in total. The molecule has 1 aromatic heterocycles. The number of thioether (sulfide) groups is 1. The number of carbonyl (C=O) groups is 2. The number of pyridine rings is 1. The van der Waals surface area contributed by atoms with Crippen LogP contribution in [0.1, 0.15) is 26.7 Å². The summed E-state index contributed by atoms with van der Waals surface area (Å²) >= 11 is 1.44. The smallest absolute Gasteiger partial charge is 0.255 e. The number of hydrogen-bond acceptors (Lipinski definition) is 4. The number of aryl methyl sites for hydroxylation is 1. The number of benzene rings is 3. The Morgan fingerprint density at radius 2 is 1.48 bits per heavy atom. The van der Waals surface area contributed by atoms with E-state index in [1.165, 1.54) is 11.8 Å². The molecule has 33 heavy (non-hydrogen) atoms. The third-order valence-corrected chi connectivity index (χ3v) is 6.28. The van der Waals surface area contributed by atoms with Crippen molar-refractivity contribution in [3.8, 4) is 0 Å². The van der Waals surface area contributed by atoms with Crippen molar-refractivity contribution in [3.05, 3.63) is 120 Å². The molecule has 0 spiro atoms. The molecule has 0 saturated carbocycles. The SMILES string of the molecule is Cc1ccccc1C(=O)Nc1ccc(SC(C(=O)Nc2ccccn2)c2ccccc2)cc1. The molecule has 4 rings (SSSR count). The van der Waals surface area contributed by atoms with Crippen LogP contribution < -0.4 is 10.6 Å². The molecule has 0 saturated heterocycles. The molecule has 4 aromatic rings. The number of hydrogen-bond donors (Lipinski definition) is 2. The maximum absolute atomic E-state index is 13.1. The highest BCUT2D eigenvalue weighted by molar-refractivity contribution is 8.00. The van der Waals surface area contributed by atoms with Crippen molar-refractivity contribution in [1.29, 1.82) is 0 Å². The lowest BCUT2D eigenvalue weighted by molar-refractivity contribution is -0.115. The van der Waals surface area contributed by atoms with Crippen LogP contribution in [-0.4, -0.2) is 16.8 Å². The van der Waals surface area contributed by atoms with Crippen LogP contribution in [-0.2, 0) is 4.79 Å². The molecular formula is C27H23N3O2S. The molecule has 0 aliphatic carbocycles. The van der Waals surface area contributed by atoms with Crippen molar-refractivity contribution < 1.29 is 9.59 Å². The summed E-state index contributed by atoms with van der Waals surface area (Å²) in [5.74, 6) is 0.213. The van der Waals surface area contributed by atoms with E-state index in [9.17, 15) is 9.59 Å². The van der Waals surface area contributed by atoms with Gasteiger partial charge >= 0.3 is 0 Å². The van der Waals surface area contributed by atoms with E-state index in [1.54, 1.807) is 24.4 Å². The maximum Gasteiger partial charge on any atom is 0.255 e. The number of rotatable bonds is 7. The van der Waals surface area contributed by atoms with Crippen LogP contribution in [0.15, 0.2) is 108 Å². The third kappa shape index (κ3) is 5.87. The normalized spacial score (nSPS) is 11.4. The van der Waals surface area contributed by atoms with Gasteiger partial charge in [0.2, 0.25) is 5.91 Å². The Balaban J connectivity index is 1.49. The van der Waals surface area contributed by atoms with Gasteiger partial charge in [0.15, 0.2) is 0 Å². The third-order valence-electron chi connectivity index (χ3n) is 5.01. The summed E-state index contributed by atoms with van der Waals surface area (Å²) in [6, 6.07) is 30.0. The average molecular weight is 454 g/mol. The van der Waals surface area contributed by atoms with E-state index in [1.807, 2.05) is 85.8 Å². The van der Waals surface area contributed by atoms with E-state index in [0.717, 1.165) is 16.0 Å². The molecule has 1 unspecified atom stereocenters. The van der Waals surface area contributed by atoms with Gasteiger partial charge in [-0.1, -0.05) is 54.6 Å². The van der Waals surface area contributed by atoms with Gasteiger partial charge in [-0.3, -0.25) is 9.59 Å². The molecule has 3 aromatic carbocycles. The van der Waals surface area contributed by atoms with E-state index in [-0.39, 0.29) is 11.8 Å². The molecule has 1 heterocycles. The highest BCUT2D eigenvalue weighted by Crippen LogP contribution is 2.36. The second kappa shape index (κ2) is 10.6. The first-order valence-electron chi connectivity index (χ1n) is 10.5. The van der Waals surface area contributed by atoms with Crippen LogP contribution in [0.5, 0.6) is 0 Å². The minimum Gasteiger partial charge on any atom is -0.322 e. The lowest BCUT2D eigenvalue weighted by Gasteiger charge is -2.17. The molecule has 0 bridgehead atoms. The molecule has 164 valence electrons. The fourth-order valence-electron chi connectivity index (χ4n) is 3.31. The fourth-order valence-corrected chi connectivity index (χ4v) is 4.33. The monoisotopic (exact) mass is 453 g/mol. The summed E-state index contributed by atoms with van der Waals surface area (Å²) in [5, 5.41) is 5.37. The molecule has 2 amide bonds. The first kappa shape index (κ1) is 22.3. The Morgan fingerprint density at radius 3 is 2.18 bits per heavy atom. The van der Waals surface area contributed by atoms with Crippen LogP contribution in [0, 0.1) is 6.92 Å². The summed E-state index contributed by atoms with van der Waals surface area (Å²) in [5.41, 5.74) is 3.16. The largest absolute Gasteiger partial charge is 0.322 e. The van der Waals surface area contributed by atoms with Crippen LogP contribution in [0.2, 0.25) is 0 Å². The zero-order valence-corrected chi connectivity index (χ0v) is 18.9. The van der Waals surface area contributed by atoms with Gasteiger partial charge in [0, 0.05) is 22.3 Å². The summed E-state index contributed by atoms with van der Waals surface area (Å²) in [4.78, 5) is 30.8. The van der Waals surface area contributed by atoms with Crippen LogP contribution in [0.25, 0.3) is 0 Å². The second-order valence-corrected chi connectivity index (χ2v) is 8.58. The number of nitrogens with zero attached hydrogens (tertiary/aromatic N) is 1. The maximum atomic E-state index is 13.1. The summed E-state index contributed by atoms with van der Waals surface area (Å²) in [6.07, 6.45) is 1.64. The predicted octanol–water partition coefficient (Wildman–Crippen LogP) is 6.11. The van der Waals surface area contributed by atoms with Gasteiger partial charge < -0.3 is 10.6 Å². The van der Waals surface area contributed by atoms with Crippen molar-refractivity contribution >= 4 is 35.1 Å². The summed E-state index contributed by atoms with van der Waals surface area (Å²) in [7, 11) is 0. The topological polar surface area (TPSA) is 71.1 Å². The highest BCUT2D eigenvalue weighted by Gasteiger charge is 2.22. The lowest BCUT2D eigenvalue weighted by atomic mass is 10.1. The van der Waals surface area contributed by atoms with E-state index in [4.69, 9.17) is 0 Å². The van der Waals surface area contributed by atoms with Gasteiger partial charge in [0.1, 0.15) is 11.1 Å². The quantitative estimate of drug-likeness (QED) is 0.331. The minimum atomic E-state index is -0.458. The number of amides is 2. The number of nitrogens with one attached hydrogen (secondary N) is 2. The standard InChI is InChI=1S/C27H23N3O2S/c1-19-9-5-6-12-23(19)26(31)29-21-14-16-22(17-15-21)33-25(20-10-3-2-4-11-20)27(32)30-24-13-7-8-18-28-24/h2-18,25H,1H3,(H,29,31)(H,28,30,32). The van der Waals surface area contributed by atoms with Gasteiger partial charge in [-0.2, -0.15) is 0 Å². The van der Waals surface area contributed by atoms with Crippen molar-refractivity contribution in [1.82, 2.24) is 4.98 Å². The molecule has 0 aliphatic rings. The van der Waals surface area contributed by atoms with E-state index in [0.29, 0.717) is 17.1 Å². The predicted molar refractivity (Wildman–Crippen MR) is 133 cm³/mol. The van der Waals surface area contributed by atoms with Crippen molar-refractivity contribution in [2.75, 3.05) is 10.6 Å². The van der Waals surface area contributed by atoms with Crippen molar-refractivity contribution in [2.24, 2.45) is 0 Å². The highest BCUT2D eigenvalue weighted by atomic mass is 32.2. The van der Waals surface area contributed by atoms with Crippen molar-refractivity contribution in [2.45, 2.75) is 17.1 Å². The van der Waals surface area contributed by atoms with E-state index in [2.05, 4.69) is 15.6 Å². The first-order chi connectivity index (χ1) is 16.1. The van der Waals surface area contributed by atoms with Gasteiger partial charge in [-0.05, 0) is 60.5 Å². The molecule has 0 fully saturated rings. The Kier molecular flexibility index (Phi) is 7.17. The van der Waals surface area contributed by atoms with Crippen molar-refractivity contribution in [3.63, 3.8) is 0 Å². The lowest BCUT2D eigenvalue weighted by Crippen LogP contribution is -2.19. The molecule has 2 N–H and O–H groups in total.